The summed E-state index contributed by atoms with van der Waals surface area (Å²) in [7, 11) is 1.67. The minimum Gasteiger partial charge on any atom is -0.497 e. The van der Waals surface area contributed by atoms with Crippen LogP contribution < -0.4 is 10.1 Å². The maximum atomic E-state index is 12.4. The van der Waals surface area contributed by atoms with Gasteiger partial charge in [0.1, 0.15) is 12.4 Å². The number of allylic oxidation sites excluding steroid dienone is 1. The second kappa shape index (κ2) is 8.75. The summed E-state index contributed by atoms with van der Waals surface area (Å²) in [6.45, 7) is 7.53. The molecule has 5 atom stereocenters. The molecule has 1 aliphatic heterocycles. The monoisotopic (exact) mass is 421 g/mol. The molecule has 2 aliphatic rings. The summed E-state index contributed by atoms with van der Waals surface area (Å²) < 4.78 is 17.5. The Kier molecular flexibility index (Phi) is 6.05. The van der Waals surface area contributed by atoms with Gasteiger partial charge in [-0.05, 0) is 48.6 Å². The molecular formula is C26H31NO4. The largest absolute Gasteiger partial charge is 0.497 e. The summed E-state index contributed by atoms with van der Waals surface area (Å²) >= 11 is 0. The standard InChI is InChI=1S/C26H31NO4/c1-17-14-18(2)26(16-31-25(28)27-21-8-6-5-7-9-21)15-30-24(23(17)19(26)3)20-10-12-22(29-4)13-11-20/h5-14,18-19,23-24H,15-16H2,1-4H3,(H,27,28)/t18?,19-,23?,24?,26+/m0/s1. The molecule has 2 aromatic rings. The summed E-state index contributed by atoms with van der Waals surface area (Å²) in [4.78, 5) is 12.4. The molecule has 1 amide bonds. The lowest BCUT2D eigenvalue weighted by Gasteiger charge is -2.55. The number of carbonyl (C=O) groups excluding carboxylic acids is 1. The van der Waals surface area contributed by atoms with E-state index in [4.69, 9.17) is 14.2 Å². The van der Waals surface area contributed by atoms with E-state index >= 15 is 0 Å². The Bertz CT molecular complexity index is 940. The van der Waals surface area contributed by atoms with Crippen LogP contribution in [-0.2, 0) is 9.47 Å². The molecule has 0 aromatic heterocycles. The van der Waals surface area contributed by atoms with E-state index in [1.54, 1.807) is 7.11 Å². The first-order valence-electron chi connectivity index (χ1n) is 10.9. The van der Waals surface area contributed by atoms with E-state index in [9.17, 15) is 4.79 Å². The molecule has 164 valence electrons. The van der Waals surface area contributed by atoms with Gasteiger partial charge in [-0.1, -0.05) is 55.8 Å². The summed E-state index contributed by atoms with van der Waals surface area (Å²) in [5.74, 6) is 1.63. The fourth-order valence-corrected chi connectivity index (χ4v) is 5.23. The van der Waals surface area contributed by atoms with Crippen LogP contribution in [0, 0.1) is 23.2 Å². The van der Waals surface area contributed by atoms with Crippen molar-refractivity contribution < 1.29 is 19.0 Å². The Morgan fingerprint density at radius 3 is 2.52 bits per heavy atom. The fraction of sp³-hybridized carbons (Fsp3) is 0.423. The maximum Gasteiger partial charge on any atom is 0.411 e. The lowest BCUT2D eigenvalue weighted by atomic mass is 9.56. The fourth-order valence-electron chi connectivity index (χ4n) is 5.23. The molecule has 0 saturated carbocycles. The number of benzene rings is 2. The first kappa shape index (κ1) is 21.4. The number of methoxy groups -OCH3 is 1. The highest BCUT2D eigenvalue weighted by molar-refractivity contribution is 5.84. The molecule has 2 aromatic carbocycles. The van der Waals surface area contributed by atoms with Crippen molar-refractivity contribution in [3.05, 3.63) is 71.8 Å². The second-order valence-corrected chi connectivity index (χ2v) is 8.82. The van der Waals surface area contributed by atoms with Crippen LogP contribution in [0.25, 0.3) is 0 Å². The van der Waals surface area contributed by atoms with Crippen LogP contribution in [0.1, 0.15) is 32.4 Å². The first-order chi connectivity index (χ1) is 14.9. The number of amides is 1. The van der Waals surface area contributed by atoms with Crippen molar-refractivity contribution in [2.24, 2.45) is 23.2 Å². The number of rotatable bonds is 5. The van der Waals surface area contributed by atoms with Crippen molar-refractivity contribution in [2.75, 3.05) is 25.6 Å². The van der Waals surface area contributed by atoms with Gasteiger partial charge in [0.25, 0.3) is 0 Å². The number of hydrogen-bond donors (Lipinski definition) is 1. The van der Waals surface area contributed by atoms with Gasteiger partial charge in [0, 0.05) is 17.0 Å². The lowest BCUT2D eigenvalue weighted by molar-refractivity contribution is -0.165. The van der Waals surface area contributed by atoms with Crippen LogP contribution in [0.3, 0.4) is 0 Å². The van der Waals surface area contributed by atoms with Gasteiger partial charge in [-0.15, -0.1) is 0 Å². The summed E-state index contributed by atoms with van der Waals surface area (Å²) in [5, 5.41) is 2.81. The van der Waals surface area contributed by atoms with Gasteiger partial charge in [-0.3, -0.25) is 5.32 Å². The number of ether oxygens (including phenoxy) is 3. The van der Waals surface area contributed by atoms with E-state index in [0.717, 1.165) is 17.0 Å². The SMILES string of the molecule is COc1ccc(C2OC[C@@]3(COC(=O)Nc4ccccc4)C(C)C=C(C)C2[C@@H]3C)cc1. The molecule has 31 heavy (non-hydrogen) atoms. The van der Waals surface area contributed by atoms with Crippen LogP contribution in [0.15, 0.2) is 66.2 Å². The number of nitrogens with one attached hydrogen (secondary N) is 1. The summed E-state index contributed by atoms with van der Waals surface area (Å²) in [5.41, 5.74) is 2.96. The molecule has 1 aliphatic carbocycles. The van der Waals surface area contributed by atoms with Gasteiger partial charge >= 0.3 is 6.09 Å². The average molecular weight is 422 g/mol. The van der Waals surface area contributed by atoms with Crippen LogP contribution in [0.2, 0.25) is 0 Å². The Labute approximate surface area is 184 Å². The molecule has 2 bridgehead atoms. The van der Waals surface area contributed by atoms with E-state index in [-0.39, 0.29) is 23.4 Å². The number of fused-ring (bicyclic) bond motifs is 2. The van der Waals surface area contributed by atoms with Gasteiger partial charge in [-0.25, -0.2) is 4.79 Å². The molecule has 0 spiro atoms. The van der Waals surface area contributed by atoms with Gasteiger partial charge < -0.3 is 14.2 Å². The third-order valence-corrected chi connectivity index (χ3v) is 7.19. The molecular weight excluding hydrogens is 390 g/mol. The predicted octanol–water partition coefficient (Wildman–Crippen LogP) is 5.85. The number of carbonyl (C=O) groups is 1. The topological polar surface area (TPSA) is 56.8 Å². The summed E-state index contributed by atoms with van der Waals surface area (Å²) in [6, 6.07) is 17.5. The molecule has 4 rings (SSSR count). The minimum absolute atomic E-state index is 0.0177. The zero-order chi connectivity index (χ0) is 22.0. The van der Waals surface area contributed by atoms with Crippen molar-refractivity contribution in [2.45, 2.75) is 26.9 Å². The zero-order valence-electron chi connectivity index (χ0n) is 18.6. The van der Waals surface area contributed by atoms with E-state index in [2.05, 4.69) is 44.3 Å². The number of anilines is 1. The molecule has 5 heteroatoms. The molecule has 1 fully saturated rings. The minimum atomic E-state index is -0.430. The van der Waals surface area contributed by atoms with Gasteiger partial charge in [-0.2, -0.15) is 0 Å². The molecule has 1 N–H and O–H groups in total. The van der Waals surface area contributed by atoms with Gasteiger partial charge in [0.2, 0.25) is 0 Å². The molecule has 0 radical (unpaired) electrons. The smallest absolute Gasteiger partial charge is 0.411 e. The number of para-hydroxylation sites is 1. The van der Waals surface area contributed by atoms with Crippen LogP contribution in [0.4, 0.5) is 10.5 Å². The average Bonchev–Trinajstić information content (AvgIpc) is 2.77. The Balaban J connectivity index is 1.51. The van der Waals surface area contributed by atoms with Crippen molar-refractivity contribution in [3.63, 3.8) is 0 Å². The van der Waals surface area contributed by atoms with Crippen molar-refractivity contribution in [1.82, 2.24) is 0 Å². The third-order valence-electron chi connectivity index (χ3n) is 7.19. The van der Waals surface area contributed by atoms with E-state index in [0.29, 0.717) is 19.1 Å². The van der Waals surface area contributed by atoms with E-state index in [1.807, 2.05) is 42.5 Å². The quantitative estimate of drug-likeness (QED) is 0.615. The Morgan fingerprint density at radius 1 is 1.13 bits per heavy atom. The lowest BCUT2D eigenvalue weighted by Crippen LogP contribution is -2.54. The Morgan fingerprint density at radius 2 is 1.84 bits per heavy atom. The van der Waals surface area contributed by atoms with Crippen LogP contribution >= 0.6 is 0 Å². The van der Waals surface area contributed by atoms with Gasteiger partial charge in [0.15, 0.2) is 0 Å². The summed E-state index contributed by atoms with van der Waals surface area (Å²) in [6.07, 6.45) is 1.89. The third kappa shape index (κ3) is 4.07. The highest BCUT2D eigenvalue weighted by atomic mass is 16.6. The number of hydrogen-bond acceptors (Lipinski definition) is 4. The molecule has 1 saturated heterocycles. The first-order valence-corrected chi connectivity index (χ1v) is 10.9. The Hall–Kier alpha value is -2.79. The molecule has 1 heterocycles. The molecule has 5 nitrogen and oxygen atoms in total. The van der Waals surface area contributed by atoms with E-state index in [1.165, 1.54) is 5.57 Å². The predicted molar refractivity (Wildman–Crippen MR) is 121 cm³/mol. The normalized spacial score (nSPS) is 29.6. The van der Waals surface area contributed by atoms with Crippen molar-refractivity contribution >= 4 is 11.8 Å². The van der Waals surface area contributed by atoms with Crippen molar-refractivity contribution in [1.29, 1.82) is 0 Å². The molecule has 3 unspecified atom stereocenters. The second-order valence-electron chi connectivity index (χ2n) is 8.82. The van der Waals surface area contributed by atoms with Crippen molar-refractivity contribution in [3.8, 4) is 5.75 Å². The van der Waals surface area contributed by atoms with E-state index < -0.39 is 6.09 Å². The van der Waals surface area contributed by atoms with Gasteiger partial charge in [0.05, 0.1) is 19.8 Å². The van der Waals surface area contributed by atoms with Crippen LogP contribution in [0.5, 0.6) is 5.75 Å². The highest BCUT2D eigenvalue weighted by Crippen LogP contribution is 2.56. The maximum absolute atomic E-state index is 12.4. The highest BCUT2D eigenvalue weighted by Gasteiger charge is 2.54. The zero-order valence-corrected chi connectivity index (χ0v) is 18.6. The van der Waals surface area contributed by atoms with Crippen LogP contribution in [-0.4, -0.2) is 26.4 Å².